The molecular formula is C17H25N5O2. The van der Waals surface area contributed by atoms with Gasteiger partial charge < -0.3 is 20.4 Å². The Balaban J connectivity index is 1.57. The number of aromatic nitrogens is 1. The molecule has 7 heteroatoms. The number of nitrogens with zero attached hydrogens (tertiary/aromatic N) is 4. The largest absolute Gasteiger partial charge is 0.368 e. The van der Waals surface area contributed by atoms with Crippen molar-refractivity contribution in [2.45, 2.75) is 19.8 Å². The third-order valence-electron chi connectivity index (χ3n) is 5.01. The summed E-state index contributed by atoms with van der Waals surface area (Å²) < 4.78 is 0. The normalized spacial score (nSPS) is 21.7. The lowest BCUT2D eigenvalue weighted by Gasteiger charge is -2.39. The molecule has 2 aliphatic heterocycles. The first-order valence-electron chi connectivity index (χ1n) is 8.55. The number of likely N-dealkylation sites (tertiary alicyclic amines) is 1. The van der Waals surface area contributed by atoms with Gasteiger partial charge in [0.1, 0.15) is 0 Å². The molecule has 1 atom stereocenters. The van der Waals surface area contributed by atoms with E-state index in [4.69, 9.17) is 5.73 Å². The van der Waals surface area contributed by atoms with Crippen LogP contribution in [0.5, 0.6) is 0 Å². The summed E-state index contributed by atoms with van der Waals surface area (Å²) in [6.45, 7) is 6.25. The number of rotatable bonds is 2. The molecule has 1 aromatic heterocycles. The molecule has 0 saturated carbocycles. The molecule has 2 fully saturated rings. The maximum absolute atomic E-state index is 12.8. The Hall–Kier alpha value is -2.31. The second kappa shape index (κ2) is 7.07. The minimum atomic E-state index is -0.425. The highest BCUT2D eigenvalue weighted by atomic mass is 16.2. The van der Waals surface area contributed by atoms with Crippen molar-refractivity contribution in [3.63, 3.8) is 0 Å². The molecule has 3 rings (SSSR count). The van der Waals surface area contributed by atoms with Gasteiger partial charge in [-0.25, -0.2) is 4.79 Å². The van der Waals surface area contributed by atoms with Gasteiger partial charge in [0.2, 0.25) is 5.91 Å². The fourth-order valence-corrected chi connectivity index (χ4v) is 3.63. The lowest BCUT2D eigenvalue weighted by atomic mass is 9.96. The van der Waals surface area contributed by atoms with Crippen LogP contribution in [0.3, 0.4) is 0 Å². The summed E-state index contributed by atoms with van der Waals surface area (Å²) in [5.74, 6) is 0.0486. The number of hydrogen-bond acceptors (Lipinski definition) is 4. The average Bonchev–Trinajstić information content (AvgIpc) is 2.62. The third kappa shape index (κ3) is 3.44. The molecule has 0 aromatic carbocycles. The fourth-order valence-electron chi connectivity index (χ4n) is 3.63. The van der Waals surface area contributed by atoms with Crippen LogP contribution >= 0.6 is 0 Å². The molecule has 2 saturated heterocycles. The standard InChI is InChI=1S/C17H25N5O2/c1-13-11-19-5-4-15(13)20-7-9-21(10-8-20)16(23)14-3-2-6-22(12-14)17(18)24/h4-5,11,14H,2-3,6-10,12H2,1H3,(H2,18,24)/t14-/m0/s1. The number of primary amides is 1. The van der Waals surface area contributed by atoms with Crippen molar-refractivity contribution < 1.29 is 9.59 Å². The van der Waals surface area contributed by atoms with Crippen LogP contribution in [0.4, 0.5) is 10.5 Å². The average molecular weight is 331 g/mol. The van der Waals surface area contributed by atoms with E-state index in [0.29, 0.717) is 26.2 Å². The van der Waals surface area contributed by atoms with Crippen molar-refractivity contribution in [1.29, 1.82) is 0 Å². The maximum Gasteiger partial charge on any atom is 0.314 e. The first kappa shape index (κ1) is 16.5. The van der Waals surface area contributed by atoms with Gasteiger partial charge in [-0.1, -0.05) is 0 Å². The van der Waals surface area contributed by atoms with Crippen LogP contribution in [-0.2, 0) is 4.79 Å². The summed E-state index contributed by atoms with van der Waals surface area (Å²) in [7, 11) is 0. The van der Waals surface area contributed by atoms with Crippen molar-refractivity contribution in [2.24, 2.45) is 11.7 Å². The summed E-state index contributed by atoms with van der Waals surface area (Å²) in [5.41, 5.74) is 7.70. The molecule has 0 bridgehead atoms. The summed E-state index contributed by atoms with van der Waals surface area (Å²) in [5, 5.41) is 0. The number of pyridine rings is 1. The molecule has 130 valence electrons. The number of carbonyl (C=O) groups excluding carboxylic acids is 2. The van der Waals surface area contributed by atoms with Gasteiger partial charge in [-0.3, -0.25) is 9.78 Å². The predicted octanol–water partition coefficient (Wildman–Crippen LogP) is 0.829. The zero-order valence-corrected chi connectivity index (χ0v) is 14.1. The first-order valence-corrected chi connectivity index (χ1v) is 8.55. The number of urea groups is 1. The smallest absolute Gasteiger partial charge is 0.314 e. The summed E-state index contributed by atoms with van der Waals surface area (Å²) in [4.78, 5) is 34.0. The molecule has 24 heavy (non-hydrogen) atoms. The monoisotopic (exact) mass is 331 g/mol. The predicted molar refractivity (Wildman–Crippen MR) is 91.6 cm³/mol. The van der Waals surface area contributed by atoms with E-state index in [1.54, 1.807) is 11.1 Å². The molecule has 2 N–H and O–H groups in total. The highest BCUT2D eigenvalue weighted by molar-refractivity contribution is 5.81. The van der Waals surface area contributed by atoms with Crippen molar-refractivity contribution in [1.82, 2.24) is 14.8 Å². The SMILES string of the molecule is Cc1cnccc1N1CCN(C(=O)[C@H]2CCCN(C(N)=O)C2)CC1. The Morgan fingerprint density at radius 3 is 2.58 bits per heavy atom. The second-order valence-electron chi connectivity index (χ2n) is 6.60. The minimum absolute atomic E-state index is 0.111. The highest BCUT2D eigenvalue weighted by Crippen LogP contribution is 2.23. The van der Waals surface area contributed by atoms with Crippen LogP contribution in [0, 0.1) is 12.8 Å². The summed E-state index contributed by atoms with van der Waals surface area (Å²) in [6.07, 6.45) is 5.36. The number of amides is 3. The Morgan fingerprint density at radius 2 is 1.92 bits per heavy atom. The number of carbonyl (C=O) groups is 2. The quantitative estimate of drug-likeness (QED) is 0.870. The number of anilines is 1. The van der Waals surface area contributed by atoms with Crippen LogP contribution in [0.2, 0.25) is 0 Å². The molecule has 7 nitrogen and oxygen atoms in total. The van der Waals surface area contributed by atoms with E-state index >= 15 is 0 Å². The van der Waals surface area contributed by atoms with Gasteiger partial charge in [0.25, 0.3) is 0 Å². The van der Waals surface area contributed by atoms with Crippen LogP contribution in [0.25, 0.3) is 0 Å². The number of hydrogen-bond donors (Lipinski definition) is 1. The Labute approximate surface area is 142 Å². The van der Waals surface area contributed by atoms with E-state index in [0.717, 1.165) is 31.5 Å². The van der Waals surface area contributed by atoms with Gasteiger partial charge in [0, 0.05) is 57.3 Å². The van der Waals surface area contributed by atoms with E-state index in [1.807, 2.05) is 17.2 Å². The van der Waals surface area contributed by atoms with Crippen molar-refractivity contribution in [3.8, 4) is 0 Å². The molecule has 1 aromatic rings. The topological polar surface area (TPSA) is 82.8 Å². The second-order valence-corrected chi connectivity index (χ2v) is 6.60. The third-order valence-corrected chi connectivity index (χ3v) is 5.01. The van der Waals surface area contributed by atoms with E-state index in [2.05, 4.69) is 16.8 Å². The van der Waals surface area contributed by atoms with E-state index in [-0.39, 0.29) is 11.8 Å². The highest BCUT2D eigenvalue weighted by Gasteiger charge is 2.32. The van der Waals surface area contributed by atoms with Gasteiger partial charge in [0.05, 0.1) is 5.92 Å². The molecule has 3 heterocycles. The van der Waals surface area contributed by atoms with E-state index in [1.165, 1.54) is 5.69 Å². The molecule has 0 spiro atoms. The van der Waals surface area contributed by atoms with E-state index in [9.17, 15) is 9.59 Å². The minimum Gasteiger partial charge on any atom is -0.368 e. The zero-order valence-electron chi connectivity index (χ0n) is 14.1. The molecular weight excluding hydrogens is 306 g/mol. The van der Waals surface area contributed by atoms with Gasteiger partial charge in [-0.15, -0.1) is 0 Å². The van der Waals surface area contributed by atoms with Gasteiger partial charge >= 0.3 is 6.03 Å². The first-order chi connectivity index (χ1) is 11.6. The number of aryl methyl sites for hydroxylation is 1. The molecule has 3 amide bonds. The van der Waals surface area contributed by atoms with Gasteiger partial charge in [0.15, 0.2) is 0 Å². The zero-order chi connectivity index (χ0) is 17.1. The number of nitrogens with two attached hydrogens (primary N) is 1. The van der Waals surface area contributed by atoms with Crippen LogP contribution < -0.4 is 10.6 Å². The van der Waals surface area contributed by atoms with E-state index < -0.39 is 6.03 Å². The summed E-state index contributed by atoms with van der Waals surface area (Å²) in [6, 6.07) is 1.60. The Bertz CT molecular complexity index is 613. The van der Waals surface area contributed by atoms with Crippen LogP contribution in [-0.4, -0.2) is 66.0 Å². The molecule has 0 unspecified atom stereocenters. The number of piperidine rings is 1. The Kier molecular flexibility index (Phi) is 4.87. The Morgan fingerprint density at radius 1 is 1.17 bits per heavy atom. The summed E-state index contributed by atoms with van der Waals surface area (Å²) >= 11 is 0. The van der Waals surface area contributed by atoms with Gasteiger partial charge in [-0.2, -0.15) is 0 Å². The maximum atomic E-state index is 12.8. The molecule has 0 radical (unpaired) electrons. The lowest BCUT2D eigenvalue weighted by molar-refractivity contribution is -0.137. The molecule has 2 aliphatic rings. The van der Waals surface area contributed by atoms with Crippen molar-refractivity contribution >= 4 is 17.6 Å². The lowest BCUT2D eigenvalue weighted by Crippen LogP contribution is -2.53. The van der Waals surface area contributed by atoms with Crippen molar-refractivity contribution in [3.05, 3.63) is 24.0 Å². The fraction of sp³-hybridized carbons (Fsp3) is 0.588. The van der Waals surface area contributed by atoms with Crippen LogP contribution in [0.15, 0.2) is 18.5 Å². The van der Waals surface area contributed by atoms with Crippen molar-refractivity contribution in [2.75, 3.05) is 44.2 Å². The van der Waals surface area contributed by atoms with Crippen LogP contribution in [0.1, 0.15) is 18.4 Å². The molecule has 0 aliphatic carbocycles. The number of piperazine rings is 1. The van der Waals surface area contributed by atoms with Gasteiger partial charge in [-0.05, 0) is 31.4 Å².